The van der Waals surface area contributed by atoms with Gasteiger partial charge in [-0.25, -0.2) is 4.98 Å². The Hall–Kier alpha value is -1.47. The molecule has 2 aliphatic heterocycles. The maximum absolute atomic E-state index is 12.6. The van der Waals surface area contributed by atoms with Crippen LogP contribution in [-0.4, -0.2) is 52.0 Å². The Kier molecular flexibility index (Phi) is 5.13. The number of nitrogens with zero attached hydrogens (tertiary/aromatic N) is 3. The number of rotatable bonds is 3. The van der Waals surface area contributed by atoms with E-state index in [4.69, 9.17) is 16.6 Å². The van der Waals surface area contributed by atoms with E-state index in [1.807, 2.05) is 18.2 Å². The molecule has 5 nitrogen and oxygen atoms in total. The van der Waals surface area contributed by atoms with Crippen molar-refractivity contribution in [3.8, 4) is 0 Å². The van der Waals surface area contributed by atoms with E-state index >= 15 is 0 Å². The number of nitrogens with one attached hydrogen (secondary N) is 1. The highest BCUT2D eigenvalue weighted by molar-refractivity contribution is 7.25. The number of H-pyrrole nitrogens is 1. The maximum atomic E-state index is 12.6. The number of hydrogen-bond donors (Lipinski definition) is 1. The fourth-order valence-electron chi connectivity index (χ4n) is 4.69. The van der Waals surface area contributed by atoms with Crippen molar-refractivity contribution < 1.29 is 0 Å². The molecule has 0 bridgehead atoms. The van der Waals surface area contributed by atoms with Crippen LogP contribution in [0.2, 0.25) is 5.02 Å². The molecule has 7 heteroatoms. The molecule has 1 N–H and O–H groups in total. The van der Waals surface area contributed by atoms with E-state index in [0.717, 1.165) is 40.6 Å². The molecule has 2 aliphatic rings. The van der Waals surface area contributed by atoms with Gasteiger partial charge in [-0.2, -0.15) is 0 Å². The van der Waals surface area contributed by atoms with Gasteiger partial charge in [0.1, 0.15) is 10.5 Å². The number of piperidine rings is 2. The monoisotopic (exact) mass is 416 g/mol. The summed E-state index contributed by atoms with van der Waals surface area (Å²) in [6, 6.07) is 6.47. The van der Waals surface area contributed by atoms with Crippen molar-refractivity contribution in [2.45, 2.75) is 44.7 Å². The van der Waals surface area contributed by atoms with Gasteiger partial charge in [0.05, 0.1) is 12.1 Å². The average Bonchev–Trinajstić information content (AvgIpc) is 3.08. The molecule has 3 aromatic rings. The molecule has 5 rings (SSSR count). The molecule has 0 amide bonds. The molecule has 0 aliphatic carbocycles. The summed E-state index contributed by atoms with van der Waals surface area (Å²) in [6.45, 7) is 5.38. The van der Waals surface area contributed by atoms with Gasteiger partial charge in [0.25, 0.3) is 5.56 Å². The molecular formula is C21H25ClN4OS. The van der Waals surface area contributed by atoms with E-state index in [0.29, 0.717) is 16.3 Å². The number of aromatic nitrogens is 2. The van der Waals surface area contributed by atoms with E-state index in [2.05, 4.69) is 14.8 Å². The Balaban J connectivity index is 1.33. The van der Waals surface area contributed by atoms with Crippen LogP contribution >= 0.6 is 22.9 Å². The van der Waals surface area contributed by atoms with Gasteiger partial charge in [0.2, 0.25) is 0 Å². The number of thiophene rings is 1. The highest BCUT2D eigenvalue weighted by Crippen LogP contribution is 2.32. The Labute approximate surface area is 173 Å². The van der Waals surface area contributed by atoms with Gasteiger partial charge < -0.3 is 9.88 Å². The molecule has 2 fully saturated rings. The minimum Gasteiger partial charge on any atom is -0.308 e. The molecule has 0 spiro atoms. The van der Waals surface area contributed by atoms with E-state index < -0.39 is 0 Å². The molecule has 4 heterocycles. The smallest absolute Gasteiger partial charge is 0.268 e. The Morgan fingerprint density at radius 1 is 1.14 bits per heavy atom. The molecule has 0 atom stereocenters. The summed E-state index contributed by atoms with van der Waals surface area (Å²) in [4.78, 5) is 25.5. The van der Waals surface area contributed by atoms with Gasteiger partial charge in [-0.05, 0) is 57.0 Å². The van der Waals surface area contributed by atoms with Crippen LogP contribution in [0.5, 0.6) is 0 Å². The predicted molar refractivity (Wildman–Crippen MR) is 116 cm³/mol. The van der Waals surface area contributed by atoms with Crippen LogP contribution in [-0.2, 0) is 6.54 Å². The summed E-state index contributed by atoms with van der Waals surface area (Å²) < 4.78 is 1.74. The van der Waals surface area contributed by atoms with Crippen molar-refractivity contribution in [2.24, 2.45) is 0 Å². The topological polar surface area (TPSA) is 52.2 Å². The molecule has 148 valence electrons. The lowest BCUT2D eigenvalue weighted by Gasteiger charge is -2.40. The van der Waals surface area contributed by atoms with Crippen LogP contribution in [0.25, 0.3) is 20.3 Å². The highest BCUT2D eigenvalue weighted by Gasteiger charge is 2.26. The van der Waals surface area contributed by atoms with Gasteiger partial charge in [-0.3, -0.25) is 9.69 Å². The first-order chi connectivity index (χ1) is 13.7. The Morgan fingerprint density at radius 3 is 2.71 bits per heavy atom. The van der Waals surface area contributed by atoms with Crippen molar-refractivity contribution in [3.05, 3.63) is 39.4 Å². The molecular weight excluding hydrogens is 392 g/mol. The van der Waals surface area contributed by atoms with Crippen molar-refractivity contribution in [1.82, 2.24) is 19.8 Å². The zero-order valence-electron chi connectivity index (χ0n) is 15.9. The summed E-state index contributed by atoms with van der Waals surface area (Å²) >= 11 is 7.65. The van der Waals surface area contributed by atoms with E-state index in [1.165, 1.54) is 56.5 Å². The van der Waals surface area contributed by atoms with Crippen LogP contribution in [0.4, 0.5) is 0 Å². The average molecular weight is 417 g/mol. The SMILES string of the molecule is O=c1[nH]c(CN2CCC(N3CCCCC3)CC2)nc2c1sc1ccc(Cl)cc12. The quantitative estimate of drug-likeness (QED) is 0.693. The number of hydrogen-bond acceptors (Lipinski definition) is 5. The minimum absolute atomic E-state index is 0.0412. The first-order valence-electron chi connectivity index (χ1n) is 10.2. The lowest BCUT2D eigenvalue weighted by Crippen LogP contribution is -2.46. The number of fused-ring (bicyclic) bond motifs is 3. The fourth-order valence-corrected chi connectivity index (χ4v) is 5.87. The zero-order chi connectivity index (χ0) is 19.1. The number of halogens is 1. The van der Waals surface area contributed by atoms with Gasteiger partial charge in [-0.1, -0.05) is 18.0 Å². The Morgan fingerprint density at radius 2 is 1.93 bits per heavy atom. The molecule has 2 aromatic heterocycles. The number of likely N-dealkylation sites (tertiary alicyclic amines) is 2. The summed E-state index contributed by atoms with van der Waals surface area (Å²) in [5.41, 5.74) is 0.741. The molecule has 0 radical (unpaired) electrons. The maximum Gasteiger partial charge on any atom is 0.268 e. The van der Waals surface area contributed by atoms with E-state index in [9.17, 15) is 4.79 Å². The first kappa shape index (κ1) is 18.6. The van der Waals surface area contributed by atoms with Crippen molar-refractivity contribution in [3.63, 3.8) is 0 Å². The fraction of sp³-hybridized carbons (Fsp3) is 0.524. The zero-order valence-corrected chi connectivity index (χ0v) is 17.5. The Bertz CT molecular complexity index is 1050. The molecule has 28 heavy (non-hydrogen) atoms. The number of aromatic amines is 1. The minimum atomic E-state index is -0.0412. The summed E-state index contributed by atoms with van der Waals surface area (Å²) in [6.07, 6.45) is 6.51. The van der Waals surface area contributed by atoms with Crippen LogP contribution < -0.4 is 5.56 Å². The molecule has 1 aromatic carbocycles. The largest absolute Gasteiger partial charge is 0.308 e. The summed E-state index contributed by atoms with van der Waals surface area (Å²) in [7, 11) is 0. The summed E-state index contributed by atoms with van der Waals surface area (Å²) in [5.74, 6) is 0.758. The third-order valence-corrected chi connectivity index (χ3v) is 7.57. The van der Waals surface area contributed by atoms with E-state index in [-0.39, 0.29) is 5.56 Å². The normalized spacial score (nSPS) is 20.3. The van der Waals surface area contributed by atoms with Crippen molar-refractivity contribution in [2.75, 3.05) is 26.2 Å². The molecule has 2 saturated heterocycles. The highest BCUT2D eigenvalue weighted by atomic mass is 35.5. The van der Waals surface area contributed by atoms with Crippen LogP contribution in [0, 0.1) is 0 Å². The first-order valence-corrected chi connectivity index (χ1v) is 11.4. The lowest BCUT2D eigenvalue weighted by molar-refractivity contribution is 0.0885. The van der Waals surface area contributed by atoms with Crippen LogP contribution in [0.3, 0.4) is 0 Å². The second-order valence-electron chi connectivity index (χ2n) is 8.04. The predicted octanol–water partition coefficient (Wildman–Crippen LogP) is 4.24. The second-order valence-corrected chi connectivity index (χ2v) is 9.53. The lowest BCUT2D eigenvalue weighted by atomic mass is 10.00. The van der Waals surface area contributed by atoms with Crippen LogP contribution in [0.15, 0.2) is 23.0 Å². The standard InChI is InChI=1S/C21H25ClN4OS/c22-14-4-5-17-16(12-14)19-20(28-17)21(27)24-18(23-19)13-25-10-6-15(7-11-25)26-8-2-1-3-9-26/h4-5,12,15H,1-3,6-11,13H2,(H,23,24,27). The second kappa shape index (κ2) is 7.75. The third-order valence-electron chi connectivity index (χ3n) is 6.17. The van der Waals surface area contributed by atoms with Crippen molar-refractivity contribution >= 4 is 43.2 Å². The third kappa shape index (κ3) is 3.59. The van der Waals surface area contributed by atoms with E-state index in [1.54, 1.807) is 0 Å². The van der Waals surface area contributed by atoms with Gasteiger partial charge in [0.15, 0.2) is 0 Å². The molecule has 0 unspecified atom stereocenters. The van der Waals surface area contributed by atoms with Crippen molar-refractivity contribution in [1.29, 1.82) is 0 Å². The molecule has 0 saturated carbocycles. The van der Waals surface area contributed by atoms with Gasteiger partial charge in [-0.15, -0.1) is 11.3 Å². The van der Waals surface area contributed by atoms with Crippen LogP contribution in [0.1, 0.15) is 37.9 Å². The van der Waals surface area contributed by atoms with Gasteiger partial charge >= 0.3 is 0 Å². The summed E-state index contributed by atoms with van der Waals surface area (Å²) in [5, 5.41) is 1.65. The number of benzene rings is 1. The van der Waals surface area contributed by atoms with Gasteiger partial charge in [0, 0.05) is 34.2 Å².